The zero-order valence-corrected chi connectivity index (χ0v) is 15.3. The summed E-state index contributed by atoms with van der Waals surface area (Å²) >= 11 is 0. The molecule has 1 fully saturated rings. The highest BCUT2D eigenvalue weighted by Crippen LogP contribution is 2.21. The van der Waals surface area contributed by atoms with E-state index in [0.717, 1.165) is 6.42 Å². The van der Waals surface area contributed by atoms with E-state index in [2.05, 4.69) is 15.3 Å². The second-order valence-corrected chi connectivity index (χ2v) is 6.54. The number of piperidine rings is 1. The zero-order chi connectivity index (χ0) is 18.5. The summed E-state index contributed by atoms with van der Waals surface area (Å²) in [6.45, 7) is 2.56. The fourth-order valence-corrected chi connectivity index (χ4v) is 3.27. The van der Waals surface area contributed by atoms with Crippen molar-refractivity contribution in [3.63, 3.8) is 0 Å². The molecular weight excluding hydrogens is 334 g/mol. The van der Waals surface area contributed by atoms with Gasteiger partial charge in [-0.3, -0.25) is 14.2 Å². The van der Waals surface area contributed by atoms with Gasteiger partial charge in [0.2, 0.25) is 5.91 Å². The minimum atomic E-state index is -0.154. The number of fused-ring (bicyclic) bond motifs is 1. The highest BCUT2D eigenvalue weighted by molar-refractivity contribution is 5.79. The summed E-state index contributed by atoms with van der Waals surface area (Å²) < 4.78 is 6.52. The van der Waals surface area contributed by atoms with Crippen LogP contribution in [0.4, 0.5) is 5.82 Å². The molecule has 1 aliphatic heterocycles. The molecule has 0 saturated carbocycles. The van der Waals surface area contributed by atoms with E-state index in [4.69, 9.17) is 4.74 Å². The molecule has 0 aromatic carbocycles. The van der Waals surface area contributed by atoms with Crippen LogP contribution >= 0.6 is 0 Å². The molecule has 2 aromatic rings. The lowest BCUT2D eigenvalue weighted by molar-refractivity contribution is -0.125. The number of carbonyl (C=O) groups excluding carboxylic acids is 1. The smallest absolute Gasteiger partial charge is 0.294 e. The molecule has 0 radical (unpaired) electrons. The Bertz CT molecular complexity index is 827. The van der Waals surface area contributed by atoms with E-state index in [1.807, 2.05) is 17.0 Å². The molecule has 0 aliphatic carbocycles. The highest BCUT2D eigenvalue weighted by atomic mass is 16.5. The third kappa shape index (κ3) is 3.85. The second-order valence-electron chi connectivity index (χ2n) is 6.54. The number of aryl methyl sites for hydroxylation is 1. The molecule has 8 nitrogen and oxygen atoms in total. The molecule has 0 atom stereocenters. The van der Waals surface area contributed by atoms with E-state index in [9.17, 15) is 9.59 Å². The number of amides is 1. The number of nitrogens with zero attached hydrogens (tertiary/aromatic N) is 4. The number of aromatic nitrogens is 3. The Morgan fingerprint density at radius 2 is 2.15 bits per heavy atom. The summed E-state index contributed by atoms with van der Waals surface area (Å²) in [7, 11) is 3.36. The van der Waals surface area contributed by atoms with Gasteiger partial charge in [-0.2, -0.15) is 0 Å². The Labute approximate surface area is 152 Å². The molecule has 0 spiro atoms. The van der Waals surface area contributed by atoms with Gasteiger partial charge in [0.05, 0.1) is 0 Å². The summed E-state index contributed by atoms with van der Waals surface area (Å²) in [5, 5.41) is 2.96. The molecule has 0 bridgehead atoms. The van der Waals surface area contributed by atoms with Gasteiger partial charge in [0, 0.05) is 52.5 Å². The van der Waals surface area contributed by atoms with E-state index in [1.165, 1.54) is 4.57 Å². The summed E-state index contributed by atoms with van der Waals surface area (Å²) in [6, 6.07) is 3.66. The van der Waals surface area contributed by atoms with Crippen molar-refractivity contribution in [1.29, 1.82) is 0 Å². The van der Waals surface area contributed by atoms with Crippen molar-refractivity contribution in [2.24, 2.45) is 13.0 Å². The molecule has 0 unspecified atom stereocenters. The lowest BCUT2D eigenvalue weighted by Gasteiger charge is -2.31. The van der Waals surface area contributed by atoms with Gasteiger partial charge in [-0.1, -0.05) is 0 Å². The maximum absolute atomic E-state index is 12.6. The van der Waals surface area contributed by atoms with Crippen molar-refractivity contribution in [3.05, 3.63) is 28.7 Å². The largest absolute Gasteiger partial charge is 0.385 e. The van der Waals surface area contributed by atoms with Gasteiger partial charge < -0.3 is 15.0 Å². The number of nitrogens with one attached hydrogen (secondary N) is 1. The van der Waals surface area contributed by atoms with Crippen LogP contribution < -0.4 is 15.8 Å². The first kappa shape index (κ1) is 18.3. The Morgan fingerprint density at radius 3 is 2.88 bits per heavy atom. The van der Waals surface area contributed by atoms with Crippen molar-refractivity contribution in [2.75, 3.05) is 38.3 Å². The van der Waals surface area contributed by atoms with Gasteiger partial charge in [0.25, 0.3) is 5.56 Å². The first-order valence-corrected chi connectivity index (χ1v) is 8.95. The van der Waals surface area contributed by atoms with E-state index in [0.29, 0.717) is 56.1 Å². The van der Waals surface area contributed by atoms with E-state index >= 15 is 0 Å². The summed E-state index contributed by atoms with van der Waals surface area (Å²) in [5.74, 6) is 0.510. The van der Waals surface area contributed by atoms with E-state index in [-0.39, 0.29) is 17.4 Å². The van der Waals surface area contributed by atoms with Gasteiger partial charge in [-0.25, -0.2) is 9.97 Å². The Morgan fingerprint density at radius 1 is 1.38 bits per heavy atom. The molecule has 8 heteroatoms. The summed E-state index contributed by atoms with van der Waals surface area (Å²) in [6.07, 6.45) is 3.89. The lowest BCUT2D eigenvalue weighted by Crippen LogP contribution is -2.43. The van der Waals surface area contributed by atoms with Crippen molar-refractivity contribution >= 4 is 22.9 Å². The molecule has 3 heterocycles. The van der Waals surface area contributed by atoms with Crippen molar-refractivity contribution in [1.82, 2.24) is 19.9 Å². The first-order chi connectivity index (χ1) is 12.6. The highest BCUT2D eigenvalue weighted by Gasteiger charge is 2.27. The summed E-state index contributed by atoms with van der Waals surface area (Å²) in [5.41, 5.74) is 1.12. The van der Waals surface area contributed by atoms with Crippen molar-refractivity contribution in [3.8, 4) is 0 Å². The minimum absolute atomic E-state index is 0.0141. The molecule has 1 amide bonds. The van der Waals surface area contributed by atoms with Crippen LogP contribution in [-0.2, 0) is 16.6 Å². The fraction of sp³-hybridized carbons (Fsp3) is 0.556. The van der Waals surface area contributed by atoms with Crippen LogP contribution in [0.25, 0.3) is 11.2 Å². The maximum Gasteiger partial charge on any atom is 0.294 e. The van der Waals surface area contributed by atoms with Crippen molar-refractivity contribution in [2.45, 2.75) is 19.3 Å². The van der Waals surface area contributed by atoms with Gasteiger partial charge in [-0.15, -0.1) is 0 Å². The molecular formula is C18H25N5O3. The predicted octanol–water partition coefficient (Wildman–Crippen LogP) is 0.698. The molecule has 1 saturated heterocycles. The molecule has 140 valence electrons. The Balaban J connectivity index is 1.65. The van der Waals surface area contributed by atoms with Gasteiger partial charge >= 0.3 is 0 Å². The van der Waals surface area contributed by atoms with Crippen LogP contribution in [-0.4, -0.2) is 53.8 Å². The molecule has 1 N–H and O–H groups in total. The van der Waals surface area contributed by atoms with Crippen LogP contribution in [0.15, 0.2) is 23.1 Å². The van der Waals surface area contributed by atoms with Crippen LogP contribution in [0.5, 0.6) is 0 Å². The minimum Gasteiger partial charge on any atom is -0.385 e. The first-order valence-electron chi connectivity index (χ1n) is 8.95. The third-order valence-electron chi connectivity index (χ3n) is 4.80. The Kier molecular flexibility index (Phi) is 5.82. The molecule has 2 aromatic heterocycles. The number of ether oxygens (including phenoxy) is 1. The Hall–Kier alpha value is -2.48. The molecule has 1 aliphatic rings. The lowest BCUT2D eigenvalue weighted by atomic mass is 9.96. The second kappa shape index (κ2) is 8.27. The standard InChI is InChI=1S/C18H25N5O3/c1-22-15-14(5-3-8-19-15)21-16(18(22)25)23-10-6-13(7-11-23)17(24)20-9-4-12-26-2/h3,5,8,13H,4,6-7,9-12H2,1-2H3,(H,20,24). The fourth-order valence-electron chi connectivity index (χ4n) is 3.27. The van der Waals surface area contributed by atoms with E-state index in [1.54, 1.807) is 20.4 Å². The van der Waals surface area contributed by atoms with Crippen LogP contribution in [0.2, 0.25) is 0 Å². The van der Waals surface area contributed by atoms with Crippen LogP contribution in [0.1, 0.15) is 19.3 Å². The quantitative estimate of drug-likeness (QED) is 0.764. The average molecular weight is 359 g/mol. The average Bonchev–Trinajstić information content (AvgIpc) is 2.68. The van der Waals surface area contributed by atoms with Gasteiger partial charge in [0.15, 0.2) is 11.5 Å². The SMILES string of the molecule is COCCCNC(=O)C1CCN(c2nc3cccnc3n(C)c2=O)CC1. The predicted molar refractivity (Wildman–Crippen MR) is 99.2 cm³/mol. The van der Waals surface area contributed by atoms with Crippen LogP contribution in [0.3, 0.4) is 0 Å². The topological polar surface area (TPSA) is 89.3 Å². The van der Waals surface area contributed by atoms with Crippen molar-refractivity contribution < 1.29 is 9.53 Å². The molecule has 3 rings (SSSR count). The summed E-state index contributed by atoms with van der Waals surface area (Å²) in [4.78, 5) is 35.6. The van der Waals surface area contributed by atoms with Gasteiger partial charge in [0.1, 0.15) is 5.52 Å². The zero-order valence-electron chi connectivity index (χ0n) is 15.3. The monoisotopic (exact) mass is 359 g/mol. The maximum atomic E-state index is 12.6. The van der Waals surface area contributed by atoms with E-state index < -0.39 is 0 Å². The number of anilines is 1. The number of hydrogen-bond donors (Lipinski definition) is 1. The van der Waals surface area contributed by atoms with Crippen LogP contribution in [0, 0.1) is 5.92 Å². The third-order valence-corrected chi connectivity index (χ3v) is 4.80. The number of methoxy groups -OCH3 is 1. The number of hydrogen-bond acceptors (Lipinski definition) is 6. The number of rotatable bonds is 6. The number of pyridine rings is 1. The normalized spacial score (nSPS) is 15.4. The van der Waals surface area contributed by atoms with Gasteiger partial charge in [-0.05, 0) is 31.4 Å². The number of carbonyl (C=O) groups is 1. The molecule has 26 heavy (non-hydrogen) atoms.